The van der Waals surface area contributed by atoms with Gasteiger partial charge in [-0.25, -0.2) is 8.42 Å². The minimum absolute atomic E-state index is 0.0542. The van der Waals surface area contributed by atoms with Gasteiger partial charge in [-0.2, -0.15) is 5.10 Å². The van der Waals surface area contributed by atoms with Crippen LogP contribution in [0.25, 0.3) is 0 Å². The molecule has 0 fully saturated rings. The average Bonchev–Trinajstić information content (AvgIpc) is 3.12. The lowest BCUT2D eigenvalue weighted by molar-refractivity contribution is 0.0952. The van der Waals surface area contributed by atoms with E-state index >= 15 is 0 Å². The molecule has 8 heteroatoms. The summed E-state index contributed by atoms with van der Waals surface area (Å²) in [5.41, 5.74) is 2.87. The van der Waals surface area contributed by atoms with Gasteiger partial charge in [-0.3, -0.25) is 13.8 Å². The number of carbonyl (C=O) groups excluding carboxylic acids is 1. The van der Waals surface area contributed by atoms with Crippen LogP contribution in [-0.2, 0) is 16.6 Å². The van der Waals surface area contributed by atoms with Gasteiger partial charge in [0.05, 0.1) is 22.8 Å². The molecular formula is C24H28N4O3S. The fourth-order valence-corrected chi connectivity index (χ4v) is 4.89. The maximum atomic E-state index is 13.3. The number of amides is 1. The summed E-state index contributed by atoms with van der Waals surface area (Å²) in [6, 6.07) is 16.9. The lowest BCUT2D eigenvalue weighted by Crippen LogP contribution is -2.31. The number of hydrogen-bond donors (Lipinski definition) is 1. The van der Waals surface area contributed by atoms with Crippen molar-refractivity contribution in [3.63, 3.8) is 0 Å². The third kappa shape index (κ3) is 5.45. The van der Waals surface area contributed by atoms with Crippen LogP contribution in [0.4, 0.5) is 5.69 Å². The summed E-state index contributed by atoms with van der Waals surface area (Å²) in [5, 5.41) is 7.26. The molecule has 0 aliphatic heterocycles. The maximum absolute atomic E-state index is 13.3. The van der Waals surface area contributed by atoms with Crippen molar-refractivity contribution in [2.75, 3.05) is 17.4 Å². The molecule has 1 aromatic heterocycles. The molecule has 1 heterocycles. The van der Waals surface area contributed by atoms with E-state index in [-0.39, 0.29) is 17.3 Å². The van der Waals surface area contributed by atoms with Crippen molar-refractivity contribution in [2.45, 2.75) is 31.7 Å². The number of nitrogens with one attached hydrogen (secondary N) is 1. The Balaban J connectivity index is 1.69. The van der Waals surface area contributed by atoms with Crippen molar-refractivity contribution < 1.29 is 13.2 Å². The maximum Gasteiger partial charge on any atom is 0.264 e. The molecule has 168 valence electrons. The van der Waals surface area contributed by atoms with Crippen LogP contribution in [0, 0.1) is 13.8 Å². The van der Waals surface area contributed by atoms with Crippen LogP contribution < -0.4 is 9.62 Å². The molecule has 0 aliphatic rings. The highest BCUT2D eigenvalue weighted by Crippen LogP contribution is 2.24. The van der Waals surface area contributed by atoms with Crippen LogP contribution in [0.3, 0.4) is 0 Å². The Morgan fingerprint density at radius 2 is 1.88 bits per heavy atom. The molecule has 0 aliphatic carbocycles. The van der Waals surface area contributed by atoms with Gasteiger partial charge in [0.2, 0.25) is 0 Å². The quantitative estimate of drug-likeness (QED) is 0.375. The smallest absolute Gasteiger partial charge is 0.264 e. The van der Waals surface area contributed by atoms with Crippen LogP contribution in [0.1, 0.15) is 28.2 Å². The predicted octanol–water partition coefficient (Wildman–Crippen LogP) is 3.70. The van der Waals surface area contributed by atoms with Gasteiger partial charge in [-0.05, 0) is 56.7 Å². The first-order chi connectivity index (χ1) is 15.3. The lowest BCUT2D eigenvalue weighted by atomic mass is 10.2. The first kappa shape index (κ1) is 23.3. The van der Waals surface area contributed by atoms with Crippen LogP contribution >= 0.6 is 0 Å². The number of aryl methyl sites for hydroxylation is 3. The van der Waals surface area contributed by atoms with Crippen molar-refractivity contribution in [3.05, 3.63) is 90.3 Å². The Labute approximate surface area is 189 Å². The number of benzene rings is 2. The summed E-state index contributed by atoms with van der Waals surface area (Å²) in [5.74, 6) is -0.314. The fraction of sp³-hybridized carbons (Fsp3) is 0.250. The largest absolute Gasteiger partial charge is 0.352 e. The molecule has 32 heavy (non-hydrogen) atoms. The zero-order valence-electron chi connectivity index (χ0n) is 18.4. The highest BCUT2D eigenvalue weighted by atomic mass is 32.2. The lowest BCUT2D eigenvalue weighted by Gasteiger charge is -2.23. The van der Waals surface area contributed by atoms with E-state index in [1.165, 1.54) is 22.5 Å². The van der Waals surface area contributed by atoms with Crippen molar-refractivity contribution >= 4 is 21.6 Å². The minimum Gasteiger partial charge on any atom is -0.352 e. The van der Waals surface area contributed by atoms with Gasteiger partial charge in [-0.1, -0.05) is 30.3 Å². The molecule has 0 spiro atoms. The SMILES string of the molecule is C=CCN(c1ccccc1)S(=O)(=O)c1cccc(C(=O)NCCCn2nc(C)cc2C)c1. The van der Waals surface area contributed by atoms with Gasteiger partial charge in [0.15, 0.2) is 0 Å². The van der Waals surface area contributed by atoms with E-state index in [0.717, 1.165) is 11.4 Å². The number of aromatic nitrogens is 2. The third-order valence-electron chi connectivity index (χ3n) is 4.96. The molecule has 0 saturated heterocycles. The van der Waals surface area contributed by atoms with Gasteiger partial charge in [-0.15, -0.1) is 6.58 Å². The number of anilines is 1. The van der Waals surface area contributed by atoms with Crippen LogP contribution in [0.2, 0.25) is 0 Å². The van der Waals surface area contributed by atoms with Crippen LogP contribution in [-0.4, -0.2) is 37.2 Å². The zero-order chi connectivity index (χ0) is 23.1. The highest BCUT2D eigenvalue weighted by molar-refractivity contribution is 7.92. The molecule has 0 unspecified atom stereocenters. The monoisotopic (exact) mass is 452 g/mol. The summed E-state index contributed by atoms with van der Waals surface area (Å²) < 4.78 is 29.7. The van der Waals surface area contributed by atoms with Gasteiger partial charge >= 0.3 is 0 Å². The Hall–Kier alpha value is -3.39. The Kier molecular flexibility index (Phi) is 7.48. The molecular weight excluding hydrogens is 424 g/mol. The topological polar surface area (TPSA) is 84.3 Å². The minimum atomic E-state index is -3.87. The van der Waals surface area contributed by atoms with E-state index in [0.29, 0.717) is 30.8 Å². The fourth-order valence-electron chi connectivity index (χ4n) is 3.41. The molecule has 3 aromatic rings. The van der Waals surface area contributed by atoms with Gasteiger partial charge in [0, 0.05) is 24.3 Å². The number of hydrogen-bond acceptors (Lipinski definition) is 4. The average molecular weight is 453 g/mol. The first-order valence-corrected chi connectivity index (χ1v) is 11.8. The molecule has 0 bridgehead atoms. The van der Waals surface area contributed by atoms with E-state index in [9.17, 15) is 13.2 Å². The number of carbonyl (C=O) groups is 1. The van der Waals surface area contributed by atoms with Crippen molar-refractivity contribution in [1.82, 2.24) is 15.1 Å². The molecule has 0 saturated carbocycles. The van der Waals surface area contributed by atoms with Crippen molar-refractivity contribution in [1.29, 1.82) is 0 Å². The van der Waals surface area contributed by atoms with Crippen molar-refractivity contribution in [3.8, 4) is 0 Å². The normalized spacial score (nSPS) is 11.2. The molecule has 3 rings (SSSR count). The molecule has 2 aromatic carbocycles. The van der Waals surface area contributed by atoms with Crippen molar-refractivity contribution in [2.24, 2.45) is 0 Å². The third-order valence-corrected chi connectivity index (χ3v) is 6.75. The van der Waals surface area contributed by atoms with Gasteiger partial charge < -0.3 is 5.32 Å². The number of nitrogens with zero attached hydrogens (tertiary/aromatic N) is 3. The van der Waals surface area contributed by atoms with E-state index in [1.54, 1.807) is 36.4 Å². The van der Waals surface area contributed by atoms with E-state index in [2.05, 4.69) is 17.0 Å². The second-order valence-electron chi connectivity index (χ2n) is 7.45. The van der Waals surface area contributed by atoms with Gasteiger partial charge in [0.25, 0.3) is 15.9 Å². The predicted molar refractivity (Wildman–Crippen MR) is 126 cm³/mol. The van der Waals surface area contributed by atoms with E-state index in [1.807, 2.05) is 30.7 Å². The van der Waals surface area contributed by atoms with E-state index < -0.39 is 10.0 Å². The second kappa shape index (κ2) is 10.3. The number of para-hydroxylation sites is 1. The molecule has 0 atom stereocenters. The van der Waals surface area contributed by atoms with Gasteiger partial charge in [0.1, 0.15) is 0 Å². The second-order valence-corrected chi connectivity index (χ2v) is 9.31. The Bertz CT molecular complexity index is 1190. The molecule has 0 radical (unpaired) electrons. The van der Waals surface area contributed by atoms with Crippen LogP contribution in [0.15, 0.2) is 78.2 Å². The summed E-state index contributed by atoms with van der Waals surface area (Å²) >= 11 is 0. The molecule has 1 amide bonds. The van der Waals surface area contributed by atoms with Crippen LogP contribution in [0.5, 0.6) is 0 Å². The summed E-state index contributed by atoms with van der Waals surface area (Å²) in [7, 11) is -3.87. The Morgan fingerprint density at radius 3 is 2.53 bits per heavy atom. The number of sulfonamides is 1. The summed E-state index contributed by atoms with van der Waals surface area (Å²) in [4.78, 5) is 12.7. The number of rotatable bonds is 10. The first-order valence-electron chi connectivity index (χ1n) is 10.4. The summed E-state index contributed by atoms with van der Waals surface area (Å²) in [6.07, 6.45) is 2.25. The summed E-state index contributed by atoms with van der Waals surface area (Å²) in [6.45, 7) is 8.89. The zero-order valence-corrected chi connectivity index (χ0v) is 19.2. The highest BCUT2D eigenvalue weighted by Gasteiger charge is 2.24. The molecule has 7 nitrogen and oxygen atoms in total. The molecule has 1 N–H and O–H groups in total. The Morgan fingerprint density at radius 1 is 1.12 bits per heavy atom. The van der Waals surface area contributed by atoms with E-state index in [4.69, 9.17) is 0 Å². The standard InChI is InChI=1S/C24H28N4O3S/c1-4-15-28(22-11-6-5-7-12-22)32(30,31)23-13-8-10-21(18-23)24(29)25-14-9-16-27-20(3)17-19(2)26-27/h4-8,10-13,17-18H,1,9,14-16H2,2-3H3,(H,25,29).